The first-order valence-corrected chi connectivity index (χ1v) is 6.92. The summed E-state index contributed by atoms with van der Waals surface area (Å²) in [6.45, 7) is 4.87. The second kappa shape index (κ2) is 7.19. The van der Waals surface area contributed by atoms with Crippen LogP contribution in [0.2, 0.25) is 0 Å². The molecule has 0 aliphatic heterocycles. The second-order valence-electron chi connectivity index (χ2n) is 4.95. The summed E-state index contributed by atoms with van der Waals surface area (Å²) in [6.07, 6.45) is 0.0164. The van der Waals surface area contributed by atoms with Gasteiger partial charge in [0, 0.05) is 25.1 Å². The molecule has 114 valence electrons. The Balaban J connectivity index is 1.84. The Hall–Kier alpha value is -1.92. The molecule has 2 N–H and O–H groups in total. The smallest absolute Gasteiger partial charge is 0.227 e. The number of aliphatic hydroxyl groups excluding tert-OH is 1. The second-order valence-corrected chi connectivity index (χ2v) is 4.95. The van der Waals surface area contributed by atoms with Crippen molar-refractivity contribution in [3.8, 4) is 5.75 Å². The van der Waals surface area contributed by atoms with Gasteiger partial charge >= 0.3 is 0 Å². The van der Waals surface area contributed by atoms with Crippen LogP contribution in [-0.4, -0.2) is 35.4 Å². The number of aromatic nitrogens is 2. The summed E-state index contributed by atoms with van der Waals surface area (Å²) in [5, 5.41) is 17.2. The SMILES string of the molecule is COc1ccc(C)cc1C(O)CNCCc1nc(C)no1. The highest BCUT2D eigenvalue weighted by atomic mass is 16.5. The van der Waals surface area contributed by atoms with E-state index in [-0.39, 0.29) is 0 Å². The van der Waals surface area contributed by atoms with Crippen molar-refractivity contribution >= 4 is 0 Å². The Kier molecular flexibility index (Phi) is 5.30. The van der Waals surface area contributed by atoms with Gasteiger partial charge in [-0.05, 0) is 26.0 Å². The summed E-state index contributed by atoms with van der Waals surface area (Å²) in [7, 11) is 1.60. The summed E-state index contributed by atoms with van der Waals surface area (Å²) in [5.41, 5.74) is 1.88. The van der Waals surface area contributed by atoms with Gasteiger partial charge in [0.25, 0.3) is 0 Å². The Morgan fingerprint density at radius 1 is 1.38 bits per heavy atom. The van der Waals surface area contributed by atoms with Gasteiger partial charge in [0.1, 0.15) is 5.75 Å². The van der Waals surface area contributed by atoms with Gasteiger partial charge in [0.15, 0.2) is 5.82 Å². The number of nitrogens with one attached hydrogen (secondary N) is 1. The van der Waals surface area contributed by atoms with Crippen molar-refractivity contribution in [2.45, 2.75) is 26.4 Å². The molecule has 0 amide bonds. The highest BCUT2D eigenvalue weighted by Gasteiger charge is 2.13. The molecule has 1 atom stereocenters. The molecule has 0 saturated heterocycles. The van der Waals surface area contributed by atoms with E-state index in [0.29, 0.717) is 37.0 Å². The molecule has 1 aromatic heterocycles. The number of methoxy groups -OCH3 is 1. The van der Waals surface area contributed by atoms with Gasteiger partial charge in [-0.1, -0.05) is 16.8 Å². The number of nitrogens with zero attached hydrogens (tertiary/aromatic N) is 2. The normalized spacial score (nSPS) is 12.4. The predicted molar refractivity (Wildman–Crippen MR) is 78.3 cm³/mol. The molecule has 1 aromatic carbocycles. The lowest BCUT2D eigenvalue weighted by atomic mass is 10.1. The molecule has 2 aromatic rings. The third kappa shape index (κ3) is 4.27. The van der Waals surface area contributed by atoms with E-state index in [1.54, 1.807) is 14.0 Å². The fourth-order valence-electron chi connectivity index (χ4n) is 2.10. The van der Waals surface area contributed by atoms with Crippen LogP contribution >= 0.6 is 0 Å². The average Bonchev–Trinajstić information content (AvgIpc) is 2.89. The van der Waals surface area contributed by atoms with E-state index in [9.17, 15) is 5.11 Å². The van der Waals surface area contributed by atoms with Gasteiger partial charge in [-0.25, -0.2) is 0 Å². The number of hydrogen-bond acceptors (Lipinski definition) is 6. The Labute approximate surface area is 124 Å². The van der Waals surface area contributed by atoms with Gasteiger partial charge in [0.2, 0.25) is 5.89 Å². The number of rotatable bonds is 7. The molecule has 0 saturated carbocycles. The zero-order chi connectivity index (χ0) is 15.2. The third-order valence-electron chi connectivity index (χ3n) is 3.17. The lowest BCUT2D eigenvalue weighted by molar-refractivity contribution is 0.170. The Morgan fingerprint density at radius 3 is 2.86 bits per heavy atom. The largest absolute Gasteiger partial charge is 0.496 e. The monoisotopic (exact) mass is 291 g/mol. The van der Waals surface area contributed by atoms with Crippen molar-refractivity contribution in [1.82, 2.24) is 15.5 Å². The van der Waals surface area contributed by atoms with Crippen molar-refractivity contribution in [3.05, 3.63) is 41.0 Å². The maximum absolute atomic E-state index is 10.3. The molecular formula is C15H21N3O3. The van der Waals surface area contributed by atoms with Crippen LogP contribution in [0.15, 0.2) is 22.7 Å². The van der Waals surface area contributed by atoms with Crippen LogP contribution in [0.25, 0.3) is 0 Å². The van der Waals surface area contributed by atoms with E-state index >= 15 is 0 Å². The van der Waals surface area contributed by atoms with Crippen LogP contribution in [0.5, 0.6) is 5.75 Å². The van der Waals surface area contributed by atoms with Crippen LogP contribution < -0.4 is 10.1 Å². The minimum Gasteiger partial charge on any atom is -0.496 e. The van der Waals surface area contributed by atoms with E-state index in [4.69, 9.17) is 9.26 Å². The maximum Gasteiger partial charge on any atom is 0.227 e. The van der Waals surface area contributed by atoms with Gasteiger partial charge in [0.05, 0.1) is 13.2 Å². The van der Waals surface area contributed by atoms with Crippen molar-refractivity contribution < 1.29 is 14.4 Å². The van der Waals surface area contributed by atoms with Crippen molar-refractivity contribution in [1.29, 1.82) is 0 Å². The Bertz CT molecular complexity index is 583. The lowest BCUT2D eigenvalue weighted by Gasteiger charge is -2.16. The zero-order valence-corrected chi connectivity index (χ0v) is 12.6. The molecule has 0 aliphatic carbocycles. The van der Waals surface area contributed by atoms with E-state index in [2.05, 4.69) is 15.5 Å². The van der Waals surface area contributed by atoms with Crippen LogP contribution in [0.4, 0.5) is 0 Å². The highest BCUT2D eigenvalue weighted by molar-refractivity contribution is 5.38. The van der Waals surface area contributed by atoms with E-state index in [1.807, 2.05) is 25.1 Å². The molecule has 6 nitrogen and oxygen atoms in total. The number of aryl methyl sites for hydroxylation is 2. The molecule has 21 heavy (non-hydrogen) atoms. The van der Waals surface area contributed by atoms with Crippen molar-refractivity contribution in [3.63, 3.8) is 0 Å². The molecule has 1 unspecified atom stereocenters. The number of aliphatic hydroxyl groups is 1. The maximum atomic E-state index is 10.3. The molecule has 1 heterocycles. The molecule has 0 bridgehead atoms. The molecule has 0 radical (unpaired) electrons. The minimum absolute atomic E-state index is 0.437. The highest BCUT2D eigenvalue weighted by Crippen LogP contribution is 2.25. The van der Waals surface area contributed by atoms with Crippen LogP contribution in [0.3, 0.4) is 0 Å². The number of hydrogen-bond donors (Lipinski definition) is 2. The molecule has 6 heteroatoms. The van der Waals surface area contributed by atoms with Gasteiger partial charge in [-0.3, -0.25) is 0 Å². The molecule has 0 spiro atoms. The summed E-state index contributed by atoms with van der Waals surface area (Å²) in [4.78, 5) is 4.12. The first-order chi connectivity index (χ1) is 10.1. The summed E-state index contributed by atoms with van der Waals surface area (Å²) in [6, 6.07) is 5.77. The topological polar surface area (TPSA) is 80.4 Å². The standard InChI is InChI=1S/C15H21N3O3/c1-10-4-5-14(20-3)12(8-10)13(19)9-16-7-6-15-17-11(2)18-21-15/h4-5,8,13,16,19H,6-7,9H2,1-3H3. The molecular weight excluding hydrogens is 270 g/mol. The first kappa shape index (κ1) is 15.5. The van der Waals surface area contributed by atoms with Crippen LogP contribution in [0, 0.1) is 13.8 Å². The molecule has 2 rings (SSSR count). The van der Waals surface area contributed by atoms with Crippen LogP contribution in [0.1, 0.15) is 28.9 Å². The lowest BCUT2D eigenvalue weighted by Crippen LogP contribution is -2.24. The summed E-state index contributed by atoms with van der Waals surface area (Å²) >= 11 is 0. The van der Waals surface area contributed by atoms with E-state index < -0.39 is 6.10 Å². The molecule has 0 fully saturated rings. The van der Waals surface area contributed by atoms with Crippen molar-refractivity contribution in [2.24, 2.45) is 0 Å². The van der Waals surface area contributed by atoms with Gasteiger partial charge in [-0.15, -0.1) is 0 Å². The Morgan fingerprint density at radius 2 is 2.19 bits per heavy atom. The van der Waals surface area contributed by atoms with E-state index in [1.165, 1.54) is 0 Å². The predicted octanol–water partition coefficient (Wildman–Crippen LogP) is 1.56. The van der Waals surface area contributed by atoms with Crippen molar-refractivity contribution in [2.75, 3.05) is 20.2 Å². The molecule has 0 aliphatic rings. The third-order valence-corrected chi connectivity index (χ3v) is 3.17. The zero-order valence-electron chi connectivity index (χ0n) is 12.6. The summed E-state index contributed by atoms with van der Waals surface area (Å²) < 4.78 is 10.3. The first-order valence-electron chi connectivity index (χ1n) is 6.92. The average molecular weight is 291 g/mol. The quantitative estimate of drug-likeness (QED) is 0.754. The fourth-order valence-corrected chi connectivity index (χ4v) is 2.10. The van der Waals surface area contributed by atoms with Gasteiger partial charge < -0.3 is 19.7 Å². The minimum atomic E-state index is -0.621. The van der Waals surface area contributed by atoms with Crippen LogP contribution in [-0.2, 0) is 6.42 Å². The van der Waals surface area contributed by atoms with Gasteiger partial charge in [-0.2, -0.15) is 4.98 Å². The fraction of sp³-hybridized carbons (Fsp3) is 0.467. The number of benzene rings is 1. The summed E-state index contributed by atoms with van der Waals surface area (Å²) in [5.74, 6) is 1.93. The number of ether oxygens (including phenoxy) is 1. The van der Waals surface area contributed by atoms with E-state index in [0.717, 1.165) is 11.1 Å².